The fourth-order valence-electron chi connectivity index (χ4n) is 5.76. The monoisotopic (exact) mass is 470 g/mol. The Morgan fingerprint density at radius 2 is 1.59 bits per heavy atom. The summed E-state index contributed by atoms with van der Waals surface area (Å²) in [5.74, 6) is 1.28. The molecule has 0 saturated heterocycles. The second-order valence-electron chi connectivity index (χ2n) is 12.0. The fraction of sp³-hybridized carbons (Fsp3) is 0.714. The van der Waals surface area contributed by atoms with Crippen molar-refractivity contribution in [2.45, 2.75) is 90.5 Å². The van der Waals surface area contributed by atoms with Crippen LogP contribution in [0.4, 0.5) is 0 Å². The zero-order valence-electron chi connectivity index (χ0n) is 22.2. The number of rotatable bonds is 8. The first-order chi connectivity index (χ1) is 15.9. The molecule has 1 saturated carbocycles. The summed E-state index contributed by atoms with van der Waals surface area (Å²) in [6, 6.07) is 4.78. The molecule has 1 amide bonds. The highest BCUT2D eigenvalue weighted by Gasteiger charge is 2.37. The van der Waals surface area contributed by atoms with Crippen molar-refractivity contribution in [2.75, 3.05) is 26.8 Å². The molecule has 6 nitrogen and oxygen atoms in total. The van der Waals surface area contributed by atoms with Crippen LogP contribution in [0.15, 0.2) is 17.1 Å². The van der Waals surface area contributed by atoms with Gasteiger partial charge in [0.25, 0.3) is 0 Å². The summed E-state index contributed by atoms with van der Waals surface area (Å²) in [6.07, 6.45) is 6.81. The molecule has 0 radical (unpaired) electrons. The van der Waals surface area contributed by atoms with E-state index in [1.807, 2.05) is 4.90 Å². The van der Waals surface area contributed by atoms with Gasteiger partial charge in [0.1, 0.15) is 6.61 Å². The van der Waals surface area contributed by atoms with Crippen molar-refractivity contribution in [3.8, 4) is 0 Å². The van der Waals surface area contributed by atoms with Crippen LogP contribution in [-0.4, -0.2) is 43.6 Å². The van der Waals surface area contributed by atoms with Gasteiger partial charge in [-0.05, 0) is 90.4 Å². The van der Waals surface area contributed by atoms with E-state index in [0.29, 0.717) is 24.9 Å². The van der Waals surface area contributed by atoms with Crippen LogP contribution in [0.2, 0.25) is 0 Å². The lowest BCUT2D eigenvalue weighted by Crippen LogP contribution is -2.39. The number of fused-ring (bicyclic) bond motifs is 1. The Morgan fingerprint density at radius 3 is 2.15 bits per heavy atom. The number of benzene rings is 1. The standard InChI is InChI=1S/C28H46N4O2/c1-19-13-23-24(28(4,5)12-11-27(23,2)3)14-22(19)17-32(25(33)18-34-6)16-21-9-7-20(8-10-21)15-31-26(29)30/h13-14,20-21H,7-12,15-18H2,1-6H3,(H4,29,30,31). The van der Waals surface area contributed by atoms with E-state index in [1.165, 1.54) is 35.1 Å². The summed E-state index contributed by atoms with van der Waals surface area (Å²) < 4.78 is 5.23. The smallest absolute Gasteiger partial charge is 0.248 e. The van der Waals surface area contributed by atoms with Crippen LogP contribution in [-0.2, 0) is 26.9 Å². The lowest BCUT2D eigenvalue weighted by molar-refractivity contribution is -0.136. The minimum absolute atomic E-state index is 0.0711. The van der Waals surface area contributed by atoms with E-state index in [1.54, 1.807) is 7.11 Å². The highest BCUT2D eigenvalue weighted by molar-refractivity contribution is 5.77. The Morgan fingerprint density at radius 1 is 1.03 bits per heavy atom. The molecule has 0 heterocycles. The normalized spacial score (nSPS) is 23.1. The zero-order chi connectivity index (χ0) is 25.1. The van der Waals surface area contributed by atoms with Gasteiger partial charge in [0, 0.05) is 26.7 Å². The van der Waals surface area contributed by atoms with Gasteiger partial charge in [0.05, 0.1) is 0 Å². The molecule has 0 spiro atoms. The van der Waals surface area contributed by atoms with E-state index >= 15 is 0 Å². The molecule has 2 aliphatic carbocycles. The van der Waals surface area contributed by atoms with Crippen LogP contribution < -0.4 is 11.5 Å². The molecule has 1 fully saturated rings. The summed E-state index contributed by atoms with van der Waals surface area (Å²) in [4.78, 5) is 19.3. The predicted molar refractivity (Wildman–Crippen MR) is 140 cm³/mol. The molecule has 1 aromatic carbocycles. The molecule has 0 aromatic heterocycles. The highest BCUT2D eigenvalue weighted by Crippen LogP contribution is 2.46. The maximum absolute atomic E-state index is 13.0. The van der Waals surface area contributed by atoms with Gasteiger partial charge < -0.3 is 21.1 Å². The number of hydrogen-bond acceptors (Lipinski definition) is 3. The first kappa shape index (κ1) is 26.5. The quantitative estimate of drug-likeness (QED) is 0.435. The third-order valence-electron chi connectivity index (χ3n) is 8.27. The Balaban J connectivity index is 1.77. The number of guanidine groups is 1. The number of nitrogens with zero attached hydrogens (tertiary/aromatic N) is 2. The maximum Gasteiger partial charge on any atom is 0.248 e. The van der Waals surface area contributed by atoms with E-state index in [9.17, 15) is 4.79 Å². The number of aryl methyl sites for hydroxylation is 1. The predicted octanol–water partition coefficient (Wildman–Crippen LogP) is 4.40. The summed E-state index contributed by atoms with van der Waals surface area (Å²) in [7, 11) is 1.60. The van der Waals surface area contributed by atoms with Crippen LogP contribution in [0.25, 0.3) is 0 Å². The van der Waals surface area contributed by atoms with Crippen molar-refractivity contribution >= 4 is 11.9 Å². The molecule has 1 aromatic rings. The van der Waals surface area contributed by atoms with Crippen LogP contribution >= 0.6 is 0 Å². The molecule has 6 heteroatoms. The van der Waals surface area contributed by atoms with E-state index in [4.69, 9.17) is 16.2 Å². The number of hydrogen-bond donors (Lipinski definition) is 2. The number of methoxy groups -OCH3 is 1. The largest absolute Gasteiger partial charge is 0.375 e. The first-order valence-corrected chi connectivity index (χ1v) is 12.9. The number of nitrogens with two attached hydrogens (primary N) is 2. The lowest BCUT2D eigenvalue weighted by Gasteiger charge is -2.42. The van der Waals surface area contributed by atoms with E-state index in [-0.39, 0.29) is 29.3 Å². The molecule has 0 bridgehead atoms. The highest BCUT2D eigenvalue weighted by atomic mass is 16.5. The Hall–Kier alpha value is -2.08. The van der Waals surface area contributed by atoms with Gasteiger partial charge in [-0.15, -0.1) is 0 Å². The molecular formula is C28H46N4O2. The third-order valence-corrected chi connectivity index (χ3v) is 8.27. The first-order valence-electron chi connectivity index (χ1n) is 12.9. The number of amides is 1. The minimum atomic E-state index is 0.0711. The van der Waals surface area contributed by atoms with Crippen molar-refractivity contribution in [3.63, 3.8) is 0 Å². The van der Waals surface area contributed by atoms with Gasteiger partial charge >= 0.3 is 0 Å². The molecule has 3 rings (SSSR count). The summed E-state index contributed by atoms with van der Waals surface area (Å²) >= 11 is 0. The second-order valence-corrected chi connectivity index (χ2v) is 12.0. The fourth-order valence-corrected chi connectivity index (χ4v) is 5.76. The third kappa shape index (κ3) is 6.32. The molecule has 0 aliphatic heterocycles. The summed E-state index contributed by atoms with van der Waals surface area (Å²) in [5, 5.41) is 0. The van der Waals surface area contributed by atoms with Gasteiger partial charge in [-0.3, -0.25) is 9.79 Å². The Kier molecular flexibility index (Phi) is 8.33. The molecular weight excluding hydrogens is 424 g/mol. The number of aliphatic imine (C=N–C) groups is 1. The van der Waals surface area contributed by atoms with Gasteiger partial charge in [0.2, 0.25) is 5.91 Å². The second kappa shape index (κ2) is 10.7. The van der Waals surface area contributed by atoms with Gasteiger partial charge in [-0.25, -0.2) is 0 Å². The van der Waals surface area contributed by atoms with Crippen LogP contribution in [0.1, 0.15) is 88.5 Å². The van der Waals surface area contributed by atoms with Crippen LogP contribution in [0.3, 0.4) is 0 Å². The van der Waals surface area contributed by atoms with Crippen molar-refractivity contribution in [3.05, 3.63) is 34.4 Å². The van der Waals surface area contributed by atoms with Crippen LogP contribution in [0, 0.1) is 18.8 Å². The Labute approximate surface area is 206 Å². The minimum Gasteiger partial charge on any atom is -0.375 e. The van der Waals surface area contributed by atoms with E-state index < -0.39 is 0 Å². The van der Waals surface area contributed by atoms with Crippen molar-refractivity contribution < 1.29 is 9.53 Å². The summed E-state index contributed by atoms with van der Waals surface area (Å²) in [6.45, 7) is 13.9. The average Bonchev–Trinajstić information content (AvgIpc) is 2.77. The molecule has 190 valence electrons. The van der Waals surface area contributed by atoms with Crippen molar-refractivity contribution in [2.24, 2.45) is 28.3 Å². The molecule has 0 atom stereocenters. The number of ether oxygens (including phenoxy) is 1. The Bertz CT molecular complexity index is 894. The lowest BCUT2D eigenvalue weighted by atomic mass is 9.62. The van der Waals surface area contributed by atoms with Gasteiger partial charge in [-0.2, -0.15) is 0 Å². The number of carbonyl (C=O) groups excluding carboxylic acids is 1. The van der Waals surface area contributed by atoms with Crippen LogP contribution in [0.5, 0.6) is 0 Å². The van der Waals surface area contributed by atoms with Crippen molar-refractivity contribution in [1.29, 1.82) is 0 Å². The van der Waals surface area contributed by atoms with E-state index in [2.05, 4.69) is 51.7 Å². The molecule has 4 N–H and O–H groups in total. The maximum atomic E-state index is 13.0. The van der Waals surface area contributed by atoms with Crippen molar-refractivity contribution in [1.82, 2.24) is 4.90 Å². The average molecular weight is 471 g/mol. The van der Waals surface area contributed by atoms with Gasteiger partial charge in [0.15, 0.2) is 5.96 Å². The van der Waals surface area contributed by atoms with E-state index in [0.717, 1.165) is 32.2 Å². The number of carbonyl (C=O) groups is 1. The summed E-state index contributed by atoms with van der Waals surface area (Å²) in [5.41, 5.74) is 16.8. The molecule has 34 heavy (non-hydrogen) atoms. The zero-order valence-corrected chi connectivity index (χ0v) is 22.2. The van der Waals surface area contributed by atoms with Gasteiger partial charge in [-0.1, -0.05) is 39.8 Å². The topological polar surface area (TPSA) is 93.9 Å². The molecule has 2 aliphatic rings. The SMILES string of the molecule is COCC(=O)N(Cc1cc2c(cc1C)C(C)(C)CCC2(C)C)CC1CCC(CN=C(N)N)CC1. The molecule has 0 unspecified atom stereocenters.